The van der Waals surface area contributed by atoms with Crippen molar-refractivity contribution in [3.8, 4) is 0 Å². The van der Waals surface area contributed by atoms with Crippen molar-refractivity contribution < 1.29 is 14.3 Å². The second-order valence-electron chi connectivity index (χ2n) is 9.10. The molecule has 1 N–H and O–H groups in total. The highest BCUT2D eigenvalue weighted by Crippen LogP contribution is 2.28. The first-order chi connectivity index (χ1) is 14.2. The molecule has 30 heavy (non-hydrogen) atoms. The summed E-state index contributed by atoms with van der Waals surface area (Å²) in [6, 6.07) is 6.58. The molecule has 1 aromatic carbocycles. The normalized spacial score (nSPS) is 16.3. The summed E-state index contributed by atoms with van der Waals surface area (Å²) in [6.07, 6.45) is 2.36. The summed E-state index contributed by atoms with van der Waals surface area (Å²) < 4.78 is 16.0. The Morgan fingerprint density at radius 2 is 1.90 bits per heavy atom. The number of piperidine rings is 1. The van der Waals surface area contributed by atoms with Crippen LogP contribution in [0.1, 0.15) is 55.6 Å². The Morgan fingerprint density at radius 1 is 1.23 bits per heavy atom. The number of hydrogen-bond donors (Lipinski definition) is 1. The largest absolute Gasteiger partial charge is 0.389 e. The van der Waals surface area contributed by atoms with Gasteiger partial charge in [0.05, 0.1) is 11.3 Å². The van der Waals surface area contributed by atoms with E-state index in [1.54, 1.807) is 18.2 Å². The predicted octanol–water partition coefficient (Wildman–Crippen LogP) is 3.82. The number of aliphatic hydroxyl groups is 1. The molecule has 1 aliphatic heterocycles. The summed E-state index contributed by atoms with van der Waals surface area (Å²) in [5.41, 5.74) is 2.89. The van der Waals surface area contributed by atoms with Crippen LogP contribution in [0, 0.1) is 25.6 Å². The molecule has 1 amide bonds. The van der Waals surface area contributed by atoms with Gasteiger partial charge >= 0.3 is 0 Å². The summed E-state index contributed by atoms with van der Waals surface area (Å²) in [5, 5.41) is 15.5. The second-order valence-corrected chi connectivity index (χ2v) is 9.10. The number of rotatable bonds is 7. The Labute approximate surface area is 178 Å². The van der Waals surface area contributed by atoms with Gasteiger partial charge in [-0.15, -0.1) is 0 Å². The Bertz CT molecular complexity index is 883. The van der Waals surface area contributed by atoms with E-state index < -0.39 is 5.60 Å². The summed E-state index contributed by atoms with van der Waals surface area (Å²) in [4.78, 5) is 14.6. The third-order valence-electron chi connectivity index (χ3n) is 6.18. The van der Waals surface area contributed by atoms with E-state index in [1.807, 2.05) is 16.5 Å². The molecular formula is C24H34FN3O2. The predicted molar refractivity (Wildman–Crippen MR) is 116 cm³/mol. The van der Waals surface area contributed by atoms with Gasteiger partial charge in [-0.05, 0) is 56.2 Å². The fourth-order valence-corrected chi connectivity index (χ4v) is 4.35. The van der Waals surface area contributed by atoms with Gasteiger partial charge in [-0.1, -0.05) is 32.0 Å². The van der Waals surface area contributed by atoms with Gasteiger partial charge in [0.1, 0.15) is 5.82 Å². The number of aryl methyl sites for hydroxylation is 1. The average Bonchev–Trinajstić information content (AvgIpc) is 2.94. The summed E-state index contributed by atoms with van der Waals surface area (Å²) >= 11 is 0. The van der Waals surface area contributed by atoms with E-state index in [-0.39, 0.29) is 18.1 Å². The van der Waals surface area contributed by atoms with Crippen molar-refractivity contribution in [1.29, 1.82) is 0 Å². The Morgan fingerprint density at radius 3 is 2.53 bits per heavy atom. The minimum atomic E-state index is -0.954. The van der Waals surface area contributed by atoms with Crippen molar-refractivity contribution in [2.45, 2.75) is 71.9 Å². The number of likely N-dealkylation sites (tertiary alicyclic amines) is 1. The molecule has 0 bridgehead atoms. The fourth-order valence-electron chi connectivity index (χ4n) is 4.35. The molecule has 0 unspecified atom stereocenters. The Hall–Kier alpha value is -2.21. The van der Waals surface area contributed by atoms with Crippen LogP contribution in [0.3, 0.4) is 0 Å². The number of hydrogen-bond acceptors (Lipinski definition) is 3. The molecule has 0 atom stereocenters. The summed E-state index contributed by atoms with van der Waals surface area (Å²) in [5.74, 6) is 0.348. The van der Waals surface area contributed by atoms with Crippen molar-refractivity contribution >= 4 is 5.91 Å². The van der Waals surface area contributed by atoms with E-state index in [1.165, 1.54) is 6.07 Å². The smallest absolute Gasteiger partial charge is 0.222 e. The highest BCUT2D eigenvalue weighted by molar-refractivity contribution is 5.76. The van der Waals surface area contributed by atoms with Gasteiger partial charge < -0.3 is 10.0 Å². The number of halogens is 1. The Balaban J connectivity index is 1.54. The molecule has 0 aliphatic carbocycles. The lowest BCUT2D eigenvalue weighted by Crippen LogP contribution is -2.47. The van der Waals surface area contributed by atoms with E-state index in [4.69, 9.17) is 0 Å². The van der Waals surface area contributed by atoms with E-state index in [9.17, 15) is 14.3 Å². The molecule has 2 aromatic rings. The molecule has 1 aliphatic rings. The third-order valence-corrected chi connectivity index (χ3v) is 6.18. The highest BCUT2D eigenvalue weighted by Gasteiger charge is 2.34. The number of benzene rings is 1. The van der Waals surface area contributed by atoms with Crippen LogP contribution in [-0.2, 0) is 24.2 Å². The van der Waals surface area contributed by atoms with Gasteiger partial charge in [0.2, 0.25) is 5.91 Å². The summed E-state index contributed by atoms with van der Waals surface area (Å²) in [6.45, 7) is 10.3. The van der Waals surface area contributed by atoms with Gasteiger partial charge in [-0.25, -0.2) is 4.39 Å². The maximum Gasteiger partial charge on any atom is 0.222 e. The Kier molecular flexibility index (Phi) is 6.96. The minimum Gasteiger partial charge on any atom is -0.389 e. The van der Waals surface area contributed by atoms with E-state index >= 15 is 0 Å². The van der Waals surface area contributed by atoms with Crippen molar-refractivity contribution in [1.82, 2.24) is 14.7 Å². The molecule has 2 heterocycles. The van der Waals surface area contributed by atoms with Crippen molar-refractivity contribution in [2.24, 2.45) is 5.92 Å². The van der Waals surface area contributed by atoms with Crippen LogP contribution in [0.2, 0.25) is 0 Å². The van der Waals surface area contributed by atoms with Crippen molar-refractivity contribution in [3.05, 3.63) is 52.6 Å². The van der Waals surface area contributed by atoms with Crippen LogP contribution in [0.15, 0.2) is 24.3 Å². The van der Waals surface area contributed by atoms with Crippen LogP contribution >= 0.6 is 0 Å². The molecule has 1 saturated heterocycles. The number of nitrogens with zero attached hydrogens (tertiary/aromatic N) is 3. The minimum absolute atomic E-state index is 0.110. The topological polar surface area (TPSA) is 58.4 Å². The standard InChI is InChI=1S/C24H34FN3O2/c1-17(2)16-28-19(4)21(18(3)26-28)9-10-23(29)27-13-11-24(30,12-14-27)15-20-7-5-6-8-22(20)25/h5-8,17,30H,9-16H2,1-4H3. The van der Waals surface area contributed by atoms with Gasteiger partial charge in [0.25, 0.3) is 0 Å². The lowest BCUT2D eigenvalue weighted by atomic mass is 9.85. The lowest BCUT2D eigenvalue weighted by molar-refractivity contribution is -0.135. The highest BCUT2D eigenvalue weighted by atomic mass is 19.1. The molecule has 0 saturated carbocycles. The SMILES string of the molecule is Cc1nn(CC(C)C)c(C)c1CCC(=O)N1CCC(O)(Cc2ccccc2F)CC1. The zero-order chi connectivity index (χ0) is 21.9. The first-order valence-electron chi connectivity index (χ1n) is 10.9. The molecule has 5 nitrogen and oxygen atoms in total. The molecule has 0 spiro atoms. The van der Waals surface area contributed by atoms with E-state index in [0.29, 0.717) is 50.3 Å². The van der Waals surface area contributed by atoms with Crippen LogP contribution in [0.25, 0.3) is 0 Å². The quantitative estimate of drug-likeness (QED) is 0.748. The third kappa shape index (κ3) is 5.28. The zero-order valence-corrected chi connectivity index (χ0v) is 18.6. The van der Waals surface area contributed by atoms with Gasteiger partial charge in [-0.3, -0.25) is 9.48 Å². The van der Waals surface area contributed by atoms with Gasteiger partial charge in [-0.2, -0.15) is 5.10 Å². The first kappa shape index (κ1) is 22.5. The molecule has 164 valence electrons. The summed E-state index contributed by atoms with van der Waals surface area (Å²) in [7, 11) is 0. The molecule has 3 rings (SSSR count). The maximum absolute atomic E-state index is 13.9. The second kappa shape index (κ2) is 9.29. The average molecular weight is 416 g/mol. The fraction of sp³-hybridized carbons (Fsp3) is 0.583. The molecule has 0 radical (unpaired) electrons. The van der Waals surface area contributed by atoms with Crippen LogP contribution in [0.4, 0.5) is 4.39 Å². The molecular weight excluding hydrogens is 381 g/mol. The lowest BCUT2D eigenvalue weighted by Gasteiger charge is -2.38. The molecule has 1 fully saturated rings. The van der Waals surface area contributed by atoms with E-state index in [2.05, 4.69) is 25.9 Å². The van der Waals surface area contributed by atoms with Crippen LogP contribution in [0.5, 0.6) is 0 Å². The van der Waals surface area contributed by atoms with E-state index in [0.717, 1.165) is 23.5 Å². The number of carbonyl (C=O) groups excluding carboxylic acids is 1. The van der Waals surface area contributed by atoms with Crippen LogP contribution < -0.4 is 0 Å². The molecule has 1 aromatic heterocycles. The maximum atomic E-state index is 13.9. The first-order valence-corrected chi connectivity index (χ1v) is 10.9. The number of amides is 1. The number of carbonyl (C=O) groups is 1. The zero-order valence-electron chi connectivity index (χ0n) is 18.6. The van der Waals surface area contributed by atoms with Crippen LogP contribution in [-0.4, -0.2) is 44.4 Å². The molecule has 6 heteroatoms. The monoisotopic (exact) mass is 415 g/mol. The van der Waals surface area contributed by atoms with Crippen molar-refractivity contribution in [3.63, 3.8) is 0 Å². The van der Waals surface area contributed by atoms with Gasteiger partial charge in [0, 0.05) is 38.2 Å². The number of aromatic nitrogens is 2. The van der Waals surface area contributed by atoms with Crippen molar-refractivity contribution in [2.75, 3.05) is 13.1 Å². The van der Waals surface area contributed by atoms with Gasteiger partial charge in [0.15, 0.2) is 0 Å².